The standard InChI is InChI=1S/C20H15F6N3O2/c1-9(2)17(20(24,25)26)28-19(31)12-8-29(15-13(22)6-10(21)7-14(15)23)18-11(16(12)30)4-3-5-27-18/h3-9,17H,1-2H3,(H,28,31). The molecule has 0 spiro atoms. The van der Waals surface area contributed by atoms with Crippen molar-refractivity contribution in [3.05, 3.63) is 69.9 Å². The zero-order chi connectivity index (χ0) is 23.1. The highest BCUT2D eigenvalue weighted by Gasteiger charge is 2.43. The summed E-state index contributed by atoms with van der Waals surface area (Å²) in [5, 5.41) is 1.48. The monoisotopic (exact) mass is 443 g/mol. The van der Waals surface area contributed by atoms with E-state index >= 15 is 0 Å². The molecule has 0 radical (unpaired) electrons. The predicted octanol–water partition coefficient (Wildman–Crippen LogP) is 4.12. The van der Waals surface area contributed by atoms with Gasteiger partial charge in [0, 0.05) is 24.5 Å². The van der Waals surface area contributed by atoms with E-state index in [0.29, 0.717) is 22.9 Å². The second kappa shape index (κ2) is 8.05. The molecule has 31 heavy (non-hydrogen) atoms. The number of carbonyl (C=O) groups is 1. The lowest BCUT2D eigenvalue weighted by molar-refractivity contribution is -0.162. The normalized spacial score (nSPS) is 12.9. The van der Waals surface area contributed by atoms with Gasteiger partial charge in [0.15, 0.2) is 11.6 Å². The van der Waals surface area contributed by atoms with Crippen molar-refractivity contribution in [2.24, 2.45) is 5.92 Å². The second-order valence-corrected chi connectivity index (χ2v) is 7.07. The second-order valence-electron chi connectivity index (χ2n) is 7.07. The van der Waals surface area contributed by atoms with Crippen molar-refractivity contribution in [3.8, 4) is 5.69 Å². The molecule has 11 heteroatoms. The Hall–Kier alpha value is -3.37. The molecule has 0 saturated heterocycles. The largest absolute Gasteiger partial charge is 0.408 e. The quantitative estimate of drug-likeness (QED) is 0.617. The van der Waals surface area contributed by atoms with Gasteiger partial charge in [-0.15, -0.1) is 0 Å². The molecule has 1 unspecified atom stereocenters. The summed E-state index contributed by atoms with van der Waals surface area (Å²) < 4.78 is 82.5. The molecule has 0 aliphatic carbocycles. The van der Waals surface area contributed by atoms with Crippen molar-refractivity contribution < 1.29 is 31.1 Å². The van der Waals surface area contributed by atoms with E-state index in [1.807, 2.05) is 0 Å². The fourth-order valence-corrected chi connectivity index (χ4v) is 3.10. The number of amides is 1. The third kappa shape index (κ3) is 4.25. The fourth-order valence-electron chi connectivity index (χ4n) is 3.10. The van der Waals surface area contributed by atoms with Crippen LogP contribution in [0.4, 0.5) is 26.3 Å². The van der Waals surface area contributed by atoms with Crippen LogP contribution in [0.5, 0.6) is 0 Å². The fraction of sp³-hybridized carbons (Fsp3) is 0.250. The first kappa shape index (κ1) is 22.3. The lowest BCUT2D eigenvalue weighted by Gasteiger charge is -2.25. The van der Waals surface area contributed by atoms with E-state index in [0.717, 1.165) is 0 Å². The van der Waals surface area contributed by atoms with Crippen LogP contribution in [0.25, 0.3) is 16.7 Å². The number of alkyl halides is 3. The van der Waals surface area contributed by atoms with E-state index in [4.69, 9.17) is 0 Å². The van der Waals surface area contributed by atoms with Gasteiger partial charge in [0.1, 0.15) is 28.8 Å². The Bertz CT molecular complexity index is 1200. The molecule has 3 rings (SSSR count). The van der Waals surface area contributed by atoms with Crippen molar-refractivity contribution >= 4 is 16.9 Å². The zero-order valence-corrected chi connectivity index (χ0v) is 16.1. The Labute approximate surface area is 171 Å². The van der Waals surface area contributed by atoms with Gasteiger partial charge in [-0.3, -0.25) is 14.2 Å². The van der Waals surface area contributed by atoms with Crippen LogP contribution in [0.3, 0.4) is 0 Å². The molecule has 0 saturated carbocycles. The summed E-state index contributed by atoms with van der Waals surface area (Å²) in [6.45, 7) is 2.45. The molecule has 5 nitrogen and oxygen atoms in total. The van der Waals surface area contributed by atoms with Crippen LogP contribution in [0, 0.1) is 23.4 Å². The van der Waals surface area contributed by atoms with Gasteiger partial charge in [-0.2, -0.15) is 13.2 Å². The van der Waals surface area contributed by atoms with Gasteiger partial charge in [-0.05, 0) is 18.1 Å². The third-order valence-electron chi connectivity index (χ3n) is 4.54. The Morgan fingerprint density at radius 2 is 1.74 bits per heavy atom. The summed E-state index contributed by atoms with van der Waals surface area (Å²) in [7, 11) is 0. The molecule has 2 heterocycles. The van der Waals surface area contributed by atoms with Crippen molar-refractivity contribution in [1.29, 1.82) is 0 Å². The molecule has 1 aromatic carbocycles. The molecule has 0 bridgehead atoms. The smallest absolute Gasteiger partial charge is 0.340 e. The van der Waals surface area contributed by atoms with Crippen LogP contribution in [0.1, 0.15) is 24.2 Å². The van der Waals surface area contributed by atoms with Crippen molar-refractivity contribution in [1.82, 2.24) is 14.9 Å². The van der Waals surface area contributed by atoms with Gasteiger partial charge >= 0.3 is 6.18 Å². The van der Waals surface area contributed by atoms with Gasteiger partial charge < -0.3 is 5.32 Å². The summed E-state index contributed by atoms with van der Waals surface area (Å²) in [6.07, 6.45) is -2.91. The first-order chi connectivity index (χ1) is 14.4. The zero-order valence-electron chi connectivity index (χ0n) is 16.1. The van der Waals surface area contributed by atoms with E-state index in [1.54, 1.807) is 5.32 Å². The van der Waals surface area contributed by atoms with Gasteiger partial charge in [-0.25, -0.2) is 18.2 Å². The van der Waals surface area contributed by atoms with Crippen LogP contribution in [-0.4, -0.2) is 27.7 Å². The summed E-state index contributed by atoms with van der Waals surface area (Å²) in [4.78, 5) is 29.2. The number of nitrogens with one attached hydrogen (secondary N) is 1. The first-order valence-electron chi connectivity index (χ1n) is 8.94. The minimum absolute atomic E-state index is 0.272. The number of halogens is 6. The number of benzene rings is 1. The summed E-state index contributed by atoms with van der Waals surface area (Å²) in [6, 6.07) is 0.991. The molecule has 3 aromatic rings. The minimum Gasteiger partial charge on any atom is -0.340 e. The molecule has 0 aliphatic rings. The van der Waals surface area contributed by atoms with Crippen LogP contribution in [-0.2, 0) is 0 Å². The van der Waals surface area contributed by atoms with Crippen molar-refractivity contribution in [2.45, 2.75) is 26.1 Å². The number of carbonyl (C=O) groups excluding carboxylic acids is 1. The van der Waals surface area contributed by atoms with Gasteiger partial charge in [-0.1, -0.05) is 13.8 Å². The Morgan fingerprint density at radius 1 is 1.13 bits per heavy atom. The topological polar surface area (TPSA) is 64.0 Å². The van der Waals surface area contributed by atoms with E-state index in [2.05, 4.69) is 4.98 Å². The number of aromatic nitrogens is 2. The SMILES string of the molecule is CC(C)C(NC(=O)c1cn(-c2c(F)cc(F)cc2F)c2ncccc2c1=O)C(F)(F)F. The lowest BCUT2D eigenvalue weighted by Crippen LogP contribution is -2.49. The van der Waals surface area contributed by atoms with E-state index < -0.39 is 58.2 Å². The van der Waals surface area contributed by atoms with Crippen LogP contribution in [0.2, 0.25) is 0 Å². The number of rotatable bonds is 4. The Morgan fingerprint density at radius 3 is 2.29 bits per heavy atom. The Balaban J connectivity index is 2.25. The maximum Gasteiger partial charge on any atom is 0.408 e. The predicted molar refractivity (Wildman–Crippen MR) is 99.4 cm³/mol. The molecule has 0 fully saturated rings. The average Bonchev–Trinajstić information content (AvgIpc) is 2.65. The number of hydrogen-bond acceptors (Lipinski definition) is 3. The van der Waals surface area contributed by atoms with Gasteiger partial charge in [0.25, 0.3) is 5.91 Å². The minimum atomic E-state index is -4.80. The molecule has 0 aliphatic heterocycles. The number of pyridine rings is 2. The molecule has 164 valence electrons. The Kier molecular flexibility index (Phi) is 5.79. The highest BCUT2D eigenvalue weighted by atomic mass is 19.4. The number of fused-ring (bicyclic) bond motifs is 1. The summed E-state index contributed by atoms with van der Waals surface area (Å²) in [5.41, 5.74) is -2.90. The molecule has 1 atom stereocenters. The van der Waals surface area contributed by atoms with Gasteiger partial charge in [0.2, 0.25) is 5.43 Å². The highest BCUT2D eigenvalue weighted by Crippen LogP contribution is 2.26. The summed E-state index contributed by atoms with van der Waals surface area (Å²) in [5.74, 6) is -6.38. The average molecular weight is 443 g/mol. The van der Waals surface area contributed by atoms with Crippen molar-refractivity contribution in [2.75, 3.05) is 0 Å². The maximum atomic E-state index is 14.4. The van der Waals surface area contributed by atoms with Gasteiger partial charge in [0.05, 0.1) is 5.39 Å². The van der Waals surface area contributed by atoms with E-state index in [1.165, 1.54) is 32.2 Å². The third-order valence-corrected chi connectivity index (χ3v) is 4.54. The summed E-state index contributed by atoms with van der Waals surface area (Å²) >= 11 is 0. The molecular weight excluding hydrogens is 428 g/mol. The van der Waals surface area contributed by atoms with Crippen LogP contribution < -0.4 is 10.7 Å². The highest BCUT2D eigenvalue weighted by molar-refractivity contribution is 5.97. The molecule has 1 amide bonds. The number of nitrogens with zero attached hydrogens (tertiary/aromatic N) is 2. The lowest BCUT2D eigenvalue weighted by atomic mass is 10.0. The molecule has 1 N–H and O–H groups in total. The molecular formula is C20H15F6N3O2. The van der Waals surface area contributed by atoms with Crippen molar-refractivity contribution in [3.63, 3.8) is 0 Å². The van der Waals surface area contributed by atoms with E-state index in [-0.39, 0.29) is 11.0 Å². The number of hydrogen-bond donors (Lipinski definition) is 1. The van der Waals surface area contributed by atoms with Crippen LogP contribution >= 0.6 is 0 Å². The van der Waals surface area contributed by atoms with E-state index in [9.17, 15) is 35.9 Å². The molecule has 2 aromatic heterocycles. The van der Waals surface area contributed by atoms with Crippen LogP contribution in [0.15, 0.2) is 41.5 Å². The first-order valence-corrected chi connectivity index (χ1v) is 8.94. The maximum absolute atomic E-state index is 14.4.